The number of hydrogen-bond acceptors (Lipinski definition) is 2. The van der Waals surface area contributed by atoms with Gasteiger partial charge in [-0.2, -0.15) is 0 Å². The van der Waals surface area contributed by atoms with Crippen molar-refractivity contribution >= 4 is 17.5 Å². The van der Waals surface area contributed by atoms with Gasteiger partial charge in [-0.15, -0.1) is 35.8 Å². The smallest absolute Gasteiger partial charge is 0.0785 e. The molecule has 0 saturated heterocycles. The van der Waals surface area contributed by atoms with Gasteiger partial charge in [-0.1, -0.05) is 36.8 Å². The number of hydrogen-bond donors (Lipinski definition) is 2. The Bertz CT molecular complexity index is 536. The average Bonchev–Trinajstić information content (AvgIpc) is 2.49. The first-order valence-corrected chi connectivity index (χ1v) is 6.26. The van der Waals surface area contributed by atoms with Gasteiger partial charge < -0.3 is 11.5 Å². The zero-order valence-corrected chi connectivity index (χ0v) is 15.2. The summed E-state index contributed by atoms with van der Waals surface area (Å²) in [5.41, 5.74) is 15.2. The van der Waals surface area contributed by atoms with Crippen molar-refractivity contribution in [1.29, 1.82) is 0 Å². The minimum absolute atomic E-state index is 0. The second-order valence-corrected chi connectivity index (χ2v) is 4.31. The Morgan fingerprint density at radius 1 is 0.857 bits per heavy atom. The summed E-state index contributed by atoms with van der Waals surface area (Å²) in [5.74, 6) is 1.20. The molecule has 0 fully saturated rings. The van der Waals surface area contributed by atoms with E-state index in [-0.39, 0.29) is 32.7 Å². The van der Waals surface area contributed by atoms with Crippen LogP contribution < -0.4 is 11.5 Å². The number of nitrogens with two attached hydrogens (primary N) is 2. The van der Waals surface area contributed by atoms with Gasteiger partial charge in [0, 0.05) is 44.1 Å². The Kier molecular flexibility index (Phi) is 9.76. The fraction of sp³-hybridized carbons (Fsp3) is 0.118. The van der Waals surface area contributed by atoms with Crippen molar-refractivity contribution in [3.05, 3.63) is 71.7 Å². The molecule has 0 bridgehead atoms. The van der Waals surface area contributed by atoms with Gasteiger partial charge in [0.05, 0.1) is 7.18 Å². The van der Waals surface area contributed by atoms with Crippen molar-refractivity contribution in [1.82, 2.24) is 0 Å². The van der Waals surface area contributed by atoms with Crippen LogP contribution in [-0.2, 0) is 32.7 Å². The SMILES string of the molecule is CF.C[C-](/C=C\c1ccc(N)cc1)c1ccc(N)cc1.[Y]. The van der Waals surface area contributed by atoms with Gasteiger partial charge in [-0.25, -0.2) is 0 Å². The van der Waals surface area contributed by atoms with E-state index < -0.39 is 0 Å². The van der Waals surface area contributed by atoms with Gasteiger partial charge in [0.2, 0.25) is 0 Å². The van der Waals surface area contributed by atoms with Crippen molar-refractivity contribution in [2.75, 3.05) is 18.6 Å². The second-order valence-electron chi connectivity index (χ2n) is 4.31. The number of benzene rings is 2. The van der Waals surface area contributed by atoms with Crippen LogP contribution >= 0.6 is 0 Å². The first-order valence-electron chi connectivity index (χ1n) is 6.26. The average molecular weight is 360 g/mol. The molecule has 2 rings (SSSR count). The monoisotopic (exact) mass is 360 g/mol. The van der Waals surface area contributed by atoms with Crippen molar-refractivity contribution in [3.63, 3.8) is 0 Å². The van der Waals surface area contributed by atoms with Crippen LogP contribution in [0.5, 0.6) is 0 Å². The summed E-state index contributed by atoms with van der Waals surface area (Å²) in [7, 11) is 0.500. The van der Waals surface area contributed by atoms with Crippen LogP contribution in [0.4, 0.5) is 15.8 Å². The van der Waals surface area contributed by atoms with E-state index in [4.69, 9.17) is 11.5 Å². The van der Waals surface area contributed by atoms with Crippen LogP contribution in [0.25, 0.3) is 6.08 Å². The summed E-state index contributed by atoms with van der Waals surface area (Å²) in [6, 6.07) is 15.7. The van der Waals surface area contributed by atoms with E-state index in [1.807, 2.05) is 48.5 Å². The number of halogens is 1. The molecule has 2 aromatic rings. The molecule has 0 aliphatic heterocycles. The summed E-state index contributed by atoms with van der Waals surface area (Å²) >= 11 is 0. The number of rotatable bonds is 3. The number of nitrogen functional groups attached to an aromatic ring is 2. The molecule has 0 unspecified atom stereocenters. The summed E-state index contributed by atoms with van der Waals surface area (Å²) in [5, 5.41) is 0. The van der Waals surface area contributed by atoms with E-state index in [1.165, 1.54) is 11.5 Å². The van der Waals surface area contributed by atoms with Gasteiger partial charge in [0.15, 0.2) is 0 Å². The fourth-order valence-corrected chi connectivity index (χ4v) is 1.67. The maximum Gasteiger partial charge on any atom is 0.0785 e. The quantitative estimate of drug-likeness (QED) is 0.640. The Labute approximate surface area is 151 Å². The van der Waals surface area contributed by atoms with Gasteiger partial charge in [0.1, 0.15) is 0 Å². The molecule has 0 heterocycles. The molecule has 0 spiro atoms. The molecule has 2 nitrogen and oxygen atoms in total. The molecular formula is C17H20FN2Y-. The van der Waals surface area contributed by atoms with Crippen LogP contribution in [-0.4, -0.2) is 7.18 Å². The minimum atomic E-state index is 0. The Morgan fingerprint density at radius 2 is 1.29 bits per heavy atom. The summed E-state index contributed by atoms with van der Waals surface area (Å²) < 4.78 is 9.50. The van der Waals surface area contributed by atoms with Crippen molar-refractivity contribution in [2.45, 2.75) is 6.92 Å². The number of anilines is 2. The summed E-state index contributed by atoms with van der Waals surface area (Å²) in [6.45, 7) is 2.08. The largest absolute Gasteiger partial charge is 0.400 e. The zero-order valence-electron chi connectivity index (χ0n) is 12.4. The minimum Gasteiger partial charge on any atom is -0.400 e. The third-order valence-corrected chi connectivity index (χ3v) is 2.83. The molecule has 0 amide bonds. The molecule has 0 aromatic heterocycles. The zero-order chi connectivity index (χ0) is 15.0. The standard InChI is InChI=1S/C16H17N2.CH3F.Y/c1-12(14-6-10-16(18)11-7-14)2-3-13-4-8-15(17)9-5-13;1-2;/h2-11H,17-18H2,1H3;1H3;/q-1;;/b3-2-;;. The van der Waals surface area contributed by atoms with E-state index in [0.717, 1.165) is 16.9 Å². The molecule has 4 heteroatoms. The van der Waals surface area contributed by atoms with Crippen LogP contribution in [0.2, 0.25) is 0 Å². The summed E-state index contributed by atoms with van der Waals surface area (Å²) in [6.07, 6.45) is 4.17. The van der Waals surface area contributed by atoms with Gasteiger partial charge in [0.25, 0.3) is 0 Å². The van der Waals surface area contributed by atoms with Crippen LogP contribution in [0.3, 0.4) is 0 Å². The third-order valence-electron chi connectivity index (χ3n) is 2.83. The van der Waals surface area contributed by atoms with Crippen molar-refractivity contribution < 1.29 is 37.1 Å². The first-order chi connectivity index (χ1) is 9.65. The molecule has 0 aliphatic rings. The molecule has 0 aliphatic carbocycles. The molecule has 0 atom stereocenters. The van der Waals surface area contributed by atoms with Crippen LogP contribution in [0.15, 0.2) is 54.6 Å². The topological polar surface area (TPSA) is 52.0 Å². The van der Waals surface area contributed by atoms with Crippen LogP contribution in [0, 0.1) is 5.92 Å². The van der Waals surface area contributed by atoms with E-state index in [2.05, 4.69) is 19.1 Å². The third kappa shape index (κ3) is 6.79. The predicted molar refractivity (Wildman–Crippen MR) is 85.8 cm³/mol. The van der Waals surface area contributed by atoms with Crippen molar-refractivity contribution in [2.24, 2.45) is 0 Å². The Morgan fingerprint density at radius 3 is 1.76 bits per heavy atom. The predicted octanol–water partition coefficient (Wildman–Crippen LogP) is 4.09. The van der Waals surface area contributed by atoms with E-state index >= 15 is 0 Å². The number of allylic oxidation sites excluding steroid dienone is 1. The van der Waals surface area contributed by atoms with Gasteiger partial charge >= 0.3 is 0 Å². The molecule has 1 radical (unpaired) electrons. The molecule has 0 saturated carbocycles. The Balaban J connectivity index is 0.00000128. The number of alkyl halides is 1. The van der Waals surface area contributed by atoms with Crippen molar-refractivity contribution in [3.8, 4) is 0 Å². The van der Waals surface area contributed by atoms with E-state index in [9.17, 15) is 4.39 Å². The molecule has 4 N–H and O–H groups in total. The van der Waals surface area contributed by atoms with Crippen LogP contribution in [0.1, 0.15) is 18.1 Å². The van der Waals surface area contributed by atoms with Gasteiger partial charge in [-0.3, -0.25) is 4.39 Å². The Hall–Kier alpha value is -1.32. The summed E-state index contributed by atoms with van der Waals surface area (Å²) in [4.78, 5) is 0. The maximum absolute atomic E-state index is 9.50. The molecular weight excluding hydrogens is 340 g/mol. The normalized spacial score (nSPS) is 9.48. The van der Waals surface area contributed by atoms with E-state index in [1.54, 1.807) is 0 Å². The first kappa shape index (κ1) is 19.7. The van der Waals surface area contributed by atoms with E-state index in [0.29, 0.717) is 7.18 Å². The molecule has 109 valence electrons. The maximum atomic E-state index is 9.50. The molecule has 2 aromatic carbocycles. The molecule has 21 heavy (non-hydrogen) atoms. The van der Waals surface area contributed by atoms with Gasteiger partial charge in [-0.05, 0) is 12.1 Å². The second kappa shape index (κ2) is 10.4. The fourth-order valence-electron chi connectivity index (χ4n) is 1.67.